The second-order valence-electron chi connectivity index (χ2n) is 4.92. The van der Waals surface area contributed by atoms with Crippen LogP contribution in [0.15, 0.2) is 36.9 Å². The first-order valence-electron chi connectivity index (χ1n) is 6.67. The molecule has 1 fully saturated rings. The predicted octanol–water partition coefficient (Wildman–Crippen LogP) is 1.57. The number of piperidine rings is 1. The van der Waals surface area contributed by atoms with E-state index in [9.17, 15) is 4.79 Å². The fraction of sp³-hybridized carbons (Fsp3) is 0.357. The van der Waals surface area contributed by atoms with E-state index in [0.29, 0.717) is 12.8 Å². The van der Waals surface area contributed by atoms with Gasteiger partial charge in [0.25, 0.3) is 0 Å². The fourth-order valence-electron chi connectivity index (χ4n) is 2.49. The van der Waals surface area contributed by atoms with Crippen molar-refractivity contribution in [1.29, 1.82) is 0 Å². The van der Waals surface area contributed by atoms with Crippen LogP contribution in [-0.4, -0.2) is 38.7 Å². The van der Waals surface area contributed by atoms with Gasteiger partial charge >= 0.3 is 5.97 Å². The van der Waals surface area contributed by atoms with Crippen molar-refractivity contribution in [2.45, 2.75) is 12.8 Å². The molecule has 0 radical (unpaired) electrons. The van der Waals surface area contributed by atoms with Gasteiger partial charge in [-0.15, -0.1) is 0 Å². The van der Waals surface area contributed by atoms with Gasteiger partial charge in [0.05, 0.1) is 5.92 Å². The summed E-state index contributed by atoms with van der Waals surface area (Å²) in [5, 5.41) is 9.02. The van der Waals surface area contributed by atoms with Crippen LogP contribution in [0.5, 0.6) is 0 Å². The highest BCUT2D eigenvalue weighted by Crippen LogP contribution is 2.22. The van der Waals surface area contributed by atoms with Crippen LogP contribution in [0.25, 0.3) is 5.82 Å². The lowest BCUT2D eigenvalue weighted by molar-refractivity contribution is -0.142. The Labute approximate surface area is 116 Å². The van der Waals surface area contributed by atoms with Gasteiger partial charge in [0.2, 0.25) is 0 Å². The molecule has 0 aromatic carbocycles. The molecular formula is C14H16N4O2. The number of anilines is 1. The summed E-state index contributed by atoms with van der Waals surface area (Å²) in [4.78, 5) is 21.6. The molecule has 1 aliphatic rings. The summed E-state index contributed by atoms with van der Waals surface area (Å²) < 4.78 is 1.93. The molecule has 20 heavy (non-hydrogen) atoms. The third kappa shape index (κ3) is 2.49. The zero-order chi connectivity index (χ0) is 13.9. The average Bonchev–Trinajstić information content (AvgIpc) is 3.02. The molecule has 2 aromatic heterocycles. The molecule has 6 nitrogen and oxygen atoms in total. The van der Waals surface area contributed by atoms with E-state index in [1.807, 2.05) is 35.2 Å². The van der Waals surface area contributed by atoms with E-state index in [2.05, 4.69) is 14.9 Å². The summed E-state index contributed by atoms with van der Waals surface area (Å²) in [6, 6.07) is 5.82. The van der Waals surface area contributed by atoms with Gasteiger partial charge in [-0.2, -0.15) is 0 Å². The van der Waals surface area contributed by atoms with Crippen LogP contribution in [0.1, 0.15) is 12.8 Å². The van der Waals surface area contributed by atoms with Crippen molar-refractivity contribution >= 4 is 11.8 Å². The quantitative estimate of drug-likeness (QED) is 0.918. The van der Waals surface area contributed by atoms with Gasteiger partial charge in [0, 0.05) is 31.5 Å². The van der Waals surface area contributed by atoms with E-state index in [0.717, 1.165) is 24.7 Å². The van der Waals surface area contributed by atoms with Gasteiger partial charge < -0.3 is 14.6 Å². The maximum Gasteiger partial charge on any atom is 0.306 e. The maximum atomic E-state index is 11.0. The van der Waals surface area contributed by atoms with E-state index in [1.54, 1.807) is 6.33 Å². The number of carboxylic acid groups (broad SMARTS) is 1. The van der Waals surface area contributed by atoms with Crippen molar-refractivity contribution in [3.05, 3.63) is 36.9 Å². The molecule has 6 heteroatoms. The summed E-state index contributed by atoms with van der Waals surface area (Å²) in [6.45, 7) is 1.44. The number of carboxylic acids is 1. The van der Waals surface area contributed by atoms with Crippen LogP contribution >= 0.6 is 0 Å². The largest absolute Gasteiger partial charge is 0.481 e. The summed E-state index contributed by atoms with van der Waals surface area (Å²) >= 11 is 0. The zero-order valence-corrected chi connectivity index (χ0v) is 11.0. The van der Waals surface area contributed by atoms with Crippen molar-refractivity contribution in [1.82, 2.24) is 14.5 Å². The standard InChI is InChI=1S/C14H16N4O2/c19-14(20)11-3-7-18(8-4-11)13-9-12(15-10-16-13)17-5-1-2-6-17/h1-2,5-6,9-11H,3-4,7-8H2,(H,19,20). The Morgan fingerprint density at radius 2 is 1.80 bits per heavy atom. The van der Waals surface area contributed by atoms with Crippen LogP contribution in [0, 0.1) is 5.92 Å². The summed E-state index contributed by atoms with van der Waals surface area (Å²) in [5.74, 6) is 0.755. The van der Waals surface area contributed by atoms with Crippen molar-refractivity contribution in [3.8, 4) is 5.82 Å². The van der Waals surface area contributed by atoms with Gasteiger partial charge in [0.1, 0.15) is 18.0 Å². The lowest BCUT2D eigenvalue weighted by Crippen LogP contribution is -2.36. The Hall–Kier alpha value is -2.37. The molecule has 0 bridgehead atoms. The first-order chi connectivity index (χ1) is 9.74. The van der Waals surface area contributed by atoms with Gasteiger partial charge in [-0.05, 0) is 25.0 Å². The van der Waals surface area contributed by atoms with Crippen LogP contribution < -0.4 is 4.90 Å². The Morgan fingerprint density at radius 1 is 1.15 bits per heavy atom. The molecule has 104 valence electrons. The van der Waals surface area contributed by atoms with Crippen LogP contribution in [0.3, 0.4) is 0 Å². The number of aliphatic carboxylic acids is 1. The molecule has 1 N–H and O–H groups in total. The first-order valence-corrected chi connectivity index (χ1v) is 6.67. The van der Waals surface area contributed by atoms with Crippen LogP contribution in [-0.2, 0) is 4.79 Å². The molecule has 0 spiro atoms. The number of nitrogens with zero attached hydrogens (tertiary/aromatic N) is 4. The van der Waals surface area contributed by atoms with Gasteiger partial charge in [0.15, 0.2) is 0 Å². The number of rotatable bonds is 3. The molecule has 3 heterocycles. The Balaban J connectivity index is 1.75. The van der Waals surface area contributed by atoms with Gasteiger partial charge in [-0.1, -0.05) is 0 Å². The molecule has 1 saturated heterocycles. The number of carbonyl (C=O) groups is 1. The van der Waals surface area contributed by atoms with Gasteiger partial charge in [-0.3, -0.25) is 4.79 Å². The van der Waals surface area contributed by atoms with Crippen molar-refractivity contribution in [2.24, 2.45) is 5.92 Å². The van der Waals surface area contributed by atoms with Crippen LogP contribution in [0.2, 0.25) is 0 Å². The summed E-state index contributed by atoms with van der Waals surface area (Å²) in [5.41, 5.74) is 0. The second-order valence-corrected chi connectivity index (χ2v) is 4.92. The van der Waals surface area contributed by atoms with E-state index < -0.39 is 5.97 Å². The second kappa shape index (κ2) is 5.32. The van der Waals surface area contributed by atoms with E-state index in [4.69, 9.17) is 5.11 Å². The number of aromatic nitrogens is 3. The van der Waals surface area contributed by atoms with E-state index in [1.165, 1.54) is 0 Å². The highest BCUT2D eigenvalue weighted by molar-refractivity contribution is 5.70. The minimum absolute atomic E-state index is 0.225. The topological polar surface area (TPSA) is 71.2 Å². The predicted molar refractivity (Wildman–Crippen MR) is 73.9 cm³/mol. The molecule has 0 saturated carbocycles. The first kappa shape index (κ1) is 12.7. The molecule has 0 amide bonds. The molecular weight excluding hydrogens is 256 g/mol. The Bertz CT molecular complexity index is 589. The maximum absolute atomic E-state index is 11.0. The fourth-order valence-corrected chi connectivity index (χ4v) is 2.49. The average molecular weight is 272 g/mol. The molecule has 0 unspecified atom stereocenters. The monoisotopic (exact) mass is 272 g/mol. The number of hydrogen-bond donors (Lipinski definition) is 1. The highest BCUT2D eigenvalue weighted by atomic mass is 16.4. The van der Waals surface area contributed by atoms with Crippen molar-refractivity contribution in [3.63, 3.8) is 0 Å². The third-order valence-electron chi connectivity index (χ3n) is 3.68. The smallest absolute Gasteiger partial charge is 0.306 e. The minimum atomic E-state index is -0.694. The lowest BCUT2D eigenvalue weighted by atomic mass is 9.97. The van der Waals surface area contributed by atoms with Crippen molar-refractivity contribution < 1.29 is 9.90 Å². The molecule has 3 rings (SSSR count). The summed E-state index contributed by atoms with van der Waals surface area (Å²) in [7, 11) is 0. The molecule has 0 atom stereocenters. The van der Waals surface area contributed by atoms with E-state index in [-0.39, 0.29) is 5.92 Å². The number of hydrogen-bond acceptors (Lipinski definition) is 4. The lowest BCUT2D eigenvalue weighted by Gasteiger charge is -2.31. The SMILES string of the molecule is O=C(O)C1CCN(c2cc(-n3cccc3)ncn2)CC1. The van der Waals surface area contributed by atoms with Crippen LogP contribution in [0.4, 0.5) is 5.82 Å². The molecule has 2 aromatic rings. The Morgan fingerprint density at radius 3 is 2.45 bits per heavy atom. The van der Waals surface area contributed by atoms with Gasteiger partial charge in [-0.25, -0.2) is 9.97 Å². The molecule has 0 aliphatic carbocycles. The van der Waals surface area contributed by atoms with E-state index >= 15 is 0 Å². The highest BCUT2D eigenvalue weighted by Gasteiger charge is 2.25. The molecule has 1 aliphatic heterocycles. The zero-order valence-electron chi connectivity index (χ0n) is 11.0. The summed E-state index contributed by atoms with van der Waals surface area (Å²) in [6.07, 6.45) is 6.75. The third-order valence-corrected chi connectivity index (χ3v) is 3.68. The van der Waals surface area contributed by atoms with Crippen molar-refractivity contribution in [2.75, 3.05) is 18.0 Å². The normalized spacial score (nSPS) is 16.3. The minimum Gasteiger partial charge on any atom is -0.481 e. The Kier molecular flexibility index (Phi) is 3.37.